The third-order valence-electron chi connectivity index (χ3n) is 2.00. The molecule has 0 aliphatic carbocycles. The summed E-state index contributed by atoms with van der Waals surface area (Å²) in [6.07, 6.45) is 1.69. The summed E-state index contributed by atoms with van der Waals surface area (Å²) in [5.41, 5.74) is 7.20. The molecule has 0 saturated carbocycles. The Morgan fingerprint density at radius 1 is 1.19 bits per heavy atom. The maximum absolute atomic E-state index is 10.8. The molecule has 0 bridgehead atoms. The van der Waals surface area contributed by atoms with Crippen LogP contribution in [0.1, 0.15) is 19.4 Å². The van der Waals surface area contributed by atoms with Gasteiger partial charge in [-0.3, -0.25) is 9.59 Å². The lowest BCUT2D eigenvalue weighted by Gasteiger charge is -2.02. The van der Waals surface area contributed by atoms with E-state index in [4.69, 9.17) is 5.73 Å². The number of nitrogens with one attached hydrogen (secondary N) is 1. The van der Waals surface area contributed by atoms with E-state index in [9.17, 15) is 9.59 Å². The minimum atomic E-state index is -0.439. The van der Waals surface area contributed by atoms with E-state index in [-0.39, 0.29) is 5.91 Å². The van der Waals surface area contributed by atoms with Crippen molar-refractivity contribution in [2.24, 2.45) is 5.73 Å². The van der Waals surface area contributed by atoms with Crippen LogP contribution in [-0.4, -0.2) is 11.8 Å². The molecule has 4 heteroatoms. The predicted molar refractivity (Wildman–Crippen MR) is 63.6 cm³/mol. The SMILES string of the molecule is CC(=O)Nc1ccc(/C=C(/C)C(N)=O)cc1. The fraction of sp³-hybridized carbons (Fsp3) is 0.167. The molecule has 1 aromatic rings. The highest BCUT2D eigenvalue weighted by Crippen LogP contribution is 2.12. The Bertz CT molecular complexity index is 433. The maximum atomic E-state index is 10.8. The van der Waals surface area contributed by atoms with Crippen LogP contribution >= 0.6 is 0 Å². The first-order chi connectivity index (χ1) is 7.49. The van der Waals surface area contributed by atoms with Crippen LogP contribution in [0.2, 0.25) is 0 Å². The zero-order valence-corrected chi connectivity index (χ0v) is 9.28. The van der Waals surface area contributed by atoms with Crippen molar-refractivity contribution in [2.45, 2.75) is 13.8 Å². The van der Waals surface area contributed by atoms with Crippen molar-refractivity contribution >= 4 is 23.6 Å². The molecule has 84 valence electrons. The molecule has 0 aliphatic rings. The Kier molecular flexibility index (Phi) is 3.83. The van der Waals surface area contributed by atoms with Gasteiger partial charge in [-0.1, -0.05) is 12.1 Å². The number of hydrogen-bond acceptors (Lipinski definition) is 2. The molecule has 0 radical (unpaired) electrons. The molecule has 0 atom stereocenters. The monoisotopic (exact) mass is 218 g/mol. The van der Waals surface area contributed by atoms with Crippen LogP contribution in [0.4, 0.5) is 5.69 Å². The molecule has 0 saturated heterocycles. The van der Waals surface area contributed by atoms with Gasteiger partial charge in [0, 0.05) is 18.2 Å². The highest BCUT2D eigenvalue weighted by atomic mass is 16.1. The zero-order chi connectivity index (χ0) is 12.1. The number of carbonyl (C=O) groups excluding carboxylic acids is 2. The van der Waals surface area contributed by atoms with Crippen LogP contribution in [0.3, 0.4) is 0 Å². The maximum Gasteiger partial charge on any atom is 0.244 e. The molecule has 0 unspecified atom stereocenters. The van der Waals surface area contributed by atoms with E-state index in [0.717, 1.165) is 11.3 Å². The van der Waals surface area contributed by atoms with E-state index < -0.39 is 5.91 Å². The topological polar surface area (TPSA) is 72.2 Å². The van der Waals surface area contributed by atoms with Crippen molar-refractivity contribution in [1.29, 1.82) is 0 Å². The molecule has 1 aromatic carbocycles. The Labute approximate surface area is 94.1 Å². The van der Waals surface area contributed by atoms with Crippen LogP contribution in [0.5, 0.6) is 0 Å². The fourth-order valence-corrected chi connectivity index (χ4v) is 1.19. The number of anilines is 1. The molecule has 1 rings (SSSR count). The molecule has 3 N–H and O–H groups in total. The van der Waals surface area contributed by atoms with E-state index in [1.54, 1.807) is 37.3 Å². The van der Waals surface area contributed by atoms with E-state index in [0.29, 0.717) is 5.57 Å². The molecular formula is C12H14N2O2. The van der Waals surface area contributed by atoms with Gasteiger partial charge in [-0.05, 0) is 30.7 Å². The molecule has 2 amide bonds. The quantitative estimate of drug-likeness (QED) is 0.755. The summed E-state index contributed by atoms with van der Waals surface area (Å²) in [7, 11) is 0. The Balaban J connectivity index is 2.83. The number of benzene rings is 1. The number of hydrogen-bond donors (Lipinski definition) is 2. The van der Waals surface area contributed by atoms with Crippen molar-refractivity contribution in [2.75, 3.05) is 5.32 Å². The number of rotatable bonds is 3. The van der Waals surface area contributed by atoms with Crippen molar-refractivity contribution in [3.8, 4) is 0 Å². The Morgan fingerprint density at radius 3 is 2.19 bits per heavy atom. The molecular weight excluding hydrogens is 204 g/mol. The second kappa shape index (κ2) is 5.11. The van der Waals surface area contributed by atoms with Gasteiger partial charge in [-0.15, -0.1) is 0 Å². The third-order valence-corrected chi connectivity index (χ3v) is 2.00. The molecule has 16 heavy (non-hydrogen) atoms. The molecule has 0 heterocycles. The van der Waals surface area contributed by atoms with Gasteiger partial charge in [-0.25, -0.2) is 0 Å². The van der Waals surface area contributed by atoms with Crippen LogP contribution in [-0.2, 0) is 9.59 Å². The summed E-state index contributed by atoms with van der Waals surface area (Å²) >= 11 is 0. The zero-order valence-electron chi connectivity index (χ0n) is 9.28. The normalized spacial score (nSPS) is 11.0. The van der Waals surface area contributed by atoms with Crippen molar-refractivity contribution in [3.63, 3.8) is 0 Å². The number of primary amides is 1. The summed E-state index contributed by atoms with van der Waals surface area (Å²) in [6, 6.07) is 7.14. The molecule has 0 aliphatic heterocycles. The van der Waals surface area contributed by atoms with Gasteiger partial charge in [0.2, 0.25) is 11.8 Å². The second-order valence-corrected chi connectivity index (χ2v) is 3.49. The summed E-state index contributed by atoms with van der Waals surface area (Å²) < 4.78 is 0. The van der Waals surface area contributed by atoms with Crippen LogP contribution in [0.25, 0.3) is 6.08 Å². The van der Waals surface area contributed by atoms with Crippen LogP contribution in [0, 0.1) is 0 Å². The first-order valence-electron chi connectivity index (χ1n) is 4.85. The molecule has 0 spiro atoms. The predicted octanol–water partition coefficient (Wildman–Crippen LogP) is 1.53. The van der Waals surface area contributed by atoms with E-state index >= 15 is 0 Å². The van der Waals surface area contributed by atoms with Crippen molar-refractivity contribution in [3.05, 3.63) is 35.4 Å². The number of nitrogens with two attached hydrogens (primary N) is 1. The first-order valence-corrected chi connectivity index (χ1v) is 4.85. The standard InChI is InChI=1S/C12H14N2O2/c1-8(12(13)16)7-10-3-5-11(6-4-10)14-9(2)15/h3-7H,1-2H3,(H2,13,16)(H,14,15)/b8-7-. The summed E-state index contributed by atoms with van der Waals surface area (Å²) in [5, 5.41) is 2.66. The Morgan fingerprint density at radius 2 is 1.75 bits per heavy atom. The molecule has 0 aromatic heterocycles. The largest absolute Gasteiger partial charge is 0.366 e. The number of amides is 2. The first kappa shape index (κ1) is 12.0. The summed E-state index contributed by atoms with van der Waals surface area (Å²) in [6.45, 7) is 3.11. The highest BCUT2D eigenvalue weighted by molar-refractivity contribution is 5.96. The van der Waals surface area contributed by atoms with Crippen LogP contribution < -0.4 is 11.1 Å². The fourth-order valence-electron chi connectivity index (χ4n) is 1.19. The van der Waals surface area contributed by atoms with E-state index in [1.165, 1.54) is 6.92 Å². The van der Waals surface area contributed by atoms with Crippen LogP contribution in [0.15, 0.2) is 29.8 Å². The lowest BCUT2D eigenvalue weighted by Crippen LogP contribution is -2.11. The van der Waals surface area contributed by atoms with Gasteiger partial charge in [0.25, 0.3) is 0 Å². The smallest absolute Gasteiger partial charge is 0.244 e. The lowest BCUT2D eigenvalue weighted by molar-refractivity contribution is -0.115. The molecule has 4 nitrogen and oxygen atoms in total. The van der Waals surface area contributed by atoms with E-state index in [2.05, 4.69) is 5.32 Å². The van der Waals surface area contributed by atoms with Crippen molar-refractivity contribution < 1.29 is 9.59 Å². The third kappa shape index (κ3) is 3.57. The van der Waals surface area contributed by atoms with Gasteiger partial charge < -0.3 is 11.1 Å². The minimum absolute atomic E-state index is 0.114. The van der Waals surface area contributed by atoms with Crippen molar-refractivity contribution in [1.82, 2.24) is 0 Å². The number of carbonyl (C=O) groups is 2. The summed E-state index contributed by atoms with van der Waals surface area (Å²) in [4.78, 5) is 21.6. The second-order valence-electron chi connectivity index (χ2n) is 3.49. The lowest BCUT2D eigenvalue weighted by atomic mass is 10.1. The summed E-state index contributed by atoms with van der Waals surface area (Å²) in [5.74, 6) is -0.553. The minimum Gasteiger partial charge on any atom is -0.366 e. The van der Waals surface area contributed by atoms with Gasteiger partial charge in [-0.2, -0.15) is 0 Å². The average Bonchev–Trinajstić information content (AvgIpc) is 2.20. The average molecular weight is 218 g/mol. The molecule has 0 fully saturated rings. The van der Waals surface area contributed by atoms with Gasteiger partial charge in [0.15, 0.2) is 0 Å². The highest BCUT2D eigenvalue weighted by Gasteiger charge is 1.98. The Hall–Kier alpha value is -2.10. The van der Waals surface area contributed by atoms with E-state index in [1.807, 2.05) is 0 Å². The van der Waals surface area contributed by atoms with Gasteiger partial charge in [0.05, 0.1) is 0 Å². The van der Waals surface area contributed by atoms with Gasteiger partial charge >= 0.3 is 0 Å². The van der Waals surface area contributed by atoms with Gasteiger partial charge in [0.1, 0.15) is 0 Å².